The van der Waals surface area contributed by atoms with Gasteiger partial charge in [0.25, 0.3) is 0 Å². The number of Topliss-reactive ketones (excluding diaryl/α,β-unsaturated/α-hetero) is 1. The predicted octanol–water partition coefficient (Wildman–Crippen LogP) is 18.7. The molecule has 0 aliphatic heterocycles. The average Bonchev–Trinajstić information content (AvgIpc) is 3.41. The molecule has 7 heteroatoms. The Balaban J connectivity index is 1.19. The lowest BCUT2D eigenvalue weighted by molar-refractivity contribution is -0.120. The fourth-order valence-electron chi connectivity index (χ4n) is 10.2. The molecule has 3 nitrogen and oxygen atoms in total. The summed E-state index contributed by atoms with van der Waals surface area (Å²) in [5, 5.41) is 6.25. The molecular formula is C67H68Cl2O3S2. The number of thioether (sulfide) groups is 2. The van der Waals surface area contributed by atoms with Gasteiger partial charge in [-0.2, -0.15) is 0 Å². The zero-order chi connectivity index (χ0) is 52.0. The smallest absolute Gasteiger partial charge is 0.133 e. The zero-order valence-electron chi connectivity index (χ0n) is 43.6. The highest BCUT2D eigenvalue weighted by Gasteiger charge is 2.33. The molecule has 0 radical (unpaired) electrons. The van der Waals surface area contributed by atoms with E-state index < -0.39 is 0 Å². The number of carbonyl (C=O) groups is 1. The van der Waals surface area contributed by atoms with Crippen molar-refractivity contribution in [2.75, 3.05) is 14.2 Å². The largest absolute Gasteiger partial charge is 0.501 e. The Morgan fingerprint density at radius 3 is 1.20 bits per heavy atom. The van der Waals surface area contributed by atoms with Crippen molar-refractivity contribution >= 4 is 74.1 Å². The Labute approximate surface area is 458 Å². The van der Waals surface area contributed by atoms with Crippen LogP contribution in [0, 0.1) is 25.7 Å². The first-order chi connectivity index (χ1) is 35.9. The van der Waals surface area contributed by atoms with Crippen LogP contribution in [-0.2, 0) is 40.0 Å². The Hall–Kier alpha value is -5.69. The molecule has 0 heterocycles. The number of hydrogen-bond acceptors (Lipinski definition) is 5. The van der Waals surface area contributed by atoms with Gasteiger partial charge in [0.1, 0.15) is 5.78 Å². The number of ether oxygens (including phenoxy) is 2. The fourth-order valence-corrected chi connectivity index (χ4v) is 13.2. The maximum atomic E-state index is 15.7. The third-order valence-corrected chi connectivity index (χ3v) is 17.9. The first kappa shape index (κ1) is 54.6. The second kappa shape index (κ2) is 26.7. The van der Waals surface area contributed by atoms with Crippen LogP contribution in [0.25, 0.3) is 21.5 Å². The number of fused-ring (bicyclic) bond motifs is 2. The summed E-state index contributed by atoms with van der Waals surface area (Å²) < 4.78 is 12.7. The van der Waals surface area contributed by atoms with Crippen LogP contribution in [0.5, 0.6) is 0 Å². The van der Waals surface area contributed by atoms with Crippen LogP contribution in [0.15, 0.2) is 214 Å². The van der Waals surface area contributed by atoms with Crippen molar-refractivity contribution < 1.29 is 14.3 Å². The molecule has 0 N–H and O–H groups in total. The quantitative estimate of drug-likeness (QED) is 0.0445. The number of benzene rings is 8. The summed E-state index contributed by atoms with van der Waals surface area (Å²) >= 11 is 16.4. The summed E-state index contributed by atoms with van der Waals surface area (Å²) in [6.07, 6.45) is 5.39. The van der Waals surface area contributed by atoms with E-state index in [0.29, 0.717) is 35.7 Å². The molecule has 4 atom stereocenters. The van der Waals surface area contributed by atoms with Gasteiger partial charge < -0.3 is 9.47 Å². The van der Waals surface area contributed by atoms with E-state index in [2.05, 4.69) is 185 Å². The summed E-state index contributed by atoms with van der Waals surface area (Å²) in [5.74, 6) is 2.06. The summed E-state index contributed by atoms with van der Waals surface area (Å²) in [6.45, 7) is 8.73. The molecule has 380 valence electrons. The lowest BCUT2D eigenvalue weighted by atomic mass is 9.83. The zero-order valence-corrected chi connectivity index (χ0v) is 46.7. The number of hydrogen-bond donors (Lipinski definition) is 0. The number of carbonyl (C=O) groups excluding carboxylic acids is 1. The van der Waals surface area contributed by atoms with E-state index >= 15 is 4.79 Å². The maximum Gasteiger partial charge on any atom is 0.133 e. The molecule has 0 aromatic heterocycles. The molecule has 0 amide bonds. The van der Waals surface area contributed by atoms with Gasteiger partial charge >= 0.3 is 0 Å². The van der Waals surface area contributed by atoms with Gasteiger partial charge in [-0.05, 0) is 169 Å². The third kappa shape index (κ3) is 15.2. The first-order valence-electron chi connectivity index (χ1n) is 25.8. The highest BCUT2D eigenvalue weighted by molar-refractivity contribution is 8.00. The van der Waals surface area contributed by atoms with E-state index in [4.69, 9.17) is 32.7 Å². The van der Waals surface area contributed by atoms with Gasteiger partial charge in [0, 0.05) is 56.0 Å². The molecule has 8 aromatic carbocycles. The van der Waals surface area contributed by atoms with Gasteiger partial charge in [0.05, 0.1) is 25.7 Å². The number of rotatable bonds is 24. The van der Waals surface area contributed by atoms with Crippen molar-refractivity contribution in [3.05, 3.63) is 248 Å². The Bertz CT molecular complexity index is 2970. The average molecular weight is 1060 g/mol. The summed E-state index contributed by atoms with van der Waals surface area (Å²) in [7, 11) is 3.55. The lowest BCUT2D eigenvalue weighted by Gasteiger charge is -2.32. The van der Waals surface area contributed by atoms with Crippen molar-refractivity contribution in [3.63, 3.8) is 0 Å². The molecule has 0 aliphatic carbocycles. The topological polar surface area (TPSA) is 35.5 Å². The van der Waals surface area contributed by atoms with Crippen molar-refractivity contribution in [1.29, 1.82) is 0 Å². The van der Waals surface area contributed by atoms with Gasteiger partial charge in [-0.15, -0.1) is 23.5 Å². The molecule has 0 fully saturated rings. The number of halogens is 2. The number of ketones is 1. The molecule has 0 spiro atoms. The van der Waals surface area contributed by atoms with Crippen molar-refractivity contribution in [2.24, 2.45) is 11.8 Å². The summed E-state index contributed by atoms with van der Waals surface area (Å²) in [4.78, 5) is 18.0. The summed E-state index contributed by atoms with van der Waals surface area (Å²) in [5.41, 5.74) is 9.57. The highest BCUT2D eigenvalue weighted by atomic mass is 35.5. The third-order valence-electron chi connectivity index (χ3n) is 14.4. The van der Waals surface area contributed by atoms with Crippen molar-refractivity contribution in [3.8, 4) is 0 Å². The molecule has 0 saturated carbocycles. The maximum absolute atomic E-state index is 15.7. The van der Waals surface area contributed by atoms with Crippen LogP contribution in [0.4, 0.5) is 0 Å². The Morgan fingerprint density at radius 1 is 0.459 bits per heavy atom. The molecular weight excluding hydrogens is 988 g/mol. The van der Waals surface area contributed by atoms with Gasteiger partial charge in [-0.3, -0.25) is 4.79 Å². The number of methoxy groups -OCH3 is 2. The first-order valence-corrected chi connectivity index (χ1v) is 28.3. The van der Waals surface area contributed by atoms with Crippen LogP contribution < -0.4 is 0 Å². The van der Waals surface area contributed by atoms with Crippen LogP contribution in [0.2, 0.25) is 10.0 Å². The van der Waals surface area contributed by atoms with Gasteiger partial charge in [-0.1, -0.05) is 168 Å². The van der Waals surface area contributed by atoms with E-state index in [-0.39, 0.29) is 28.1 Å². The monoisotopic (exact) mass is 1050 g/mol. The SMILES string of the molecule is COC(Cc1ccc(Cl)cc1)=C(C)C(Sc1ccccc1)C(CCc1ccc2ccc(C)cc2c1)CC(=O)CC(CCc1ccc2ccc(C)cc2c1)C(Sc1ccccc1)C(C)=C(Cc1ccc(Cl)cc1)OC. The normalized spacial score (nSPS) is 13.9. The van der Waals surface area contributed by atoms with Crippen LogP contribution in [-0.4, -0.2) is 30.5 Å². The fraction of sp³-hybridized carbons (Fsp3) is 0.269. The van der Waals surface area contributed by atoms with Gasteiger partial charge in [-0.25, -0.2) is 0 Å². The molecule has 0 aliphatic rings. The molecule has 0 saturated heterocycles. The second-order valence-electron chi connectivity index (χ2n) is 19.8. The highest BCUT2D eigenvalue weighted by Crippen LogP contribution is 2.42. The Kier molecular flexibility index (Phi) is 19.7. The number of allylic oxidation sites excluding steroid dienone is 2. The molecule has 4 unspecified atom stereocenters. The standard InChI is InChI=1S/C67H68Cl2O3S2/c1-45-17-27-53-29-19-49(39-57(53)37-45)21-31-55(66(73-62-13-9-7-10-14-62)47(3)64(71-5)41-51-23-33-59(68)34-24-51)43-61(70)44-56(32-22-50-20-30-54-28-18-46(2)38-58(54)40-50)67(74-63-15-11-8-12-16-63)48(4)65(72-6)42-52-25-35-60(69)36-26-52/h7-20,23-30,33-40,55-56,66-67H,21-22,31-32,41-44H2,1-6H3. The van der Waals surface area contributed by atoms with E-state index in [1.807, 2.05) is 47.8 Å². The minimum Gasteiger partial charge on any atom is -0.501 e. The minimum absolute atomic E-state index is 0.0167. The van der Waals surface area contributed by atoms with Crippen LogP contribution in [0.3, 0.4) is 0 Å². The lowest BCUT2D eigenvalue weighted by Crippen LogP contribution is -2.28. The number of aryl methyl sites for hydroxylation is 4. The molecule has 8 rings (SSSR count). The molecule has 74 heavy (non-hydrogen) atoms. The van der Waals surface area contributed by atoms with E-state index in [1.54, 1.807) is 14.2 Å². The predicted molar refractivity (Wildman–Crippen MR) is 317 cm³/mol. The van der Waals surface area contributed by atoms with E-state index in [9.17, 15) is 0 Å². The molecule has 0 bridgehead atoms. The summed E-state index contributed by atoms with van der Waals surface area (Å²) in [6, 6.07) is 64.3. The minimum atomic E-state index is -0.0543. The second-order valence-corrected chi connectivity index (χ2v) is 23.1. The van der Waals surface area contributed by atoms with E-state index in [0.717, 1.165) is 69.3 Å². The van der Waals surface area contributed by atoms with E-state index in [1.165, 1.54) is 43.8 Å². The van der Waals surface area contributed by atoms with Gasteiger partial charge in [0.15, 0.2) is 0 Å². The van der Waals surface area contributed by atoms with Crippen LogP contribution in [0.1, 0.15) is 72.9 Å². The molecule has 8 aromatic rings. The Morgan fingerprint density at radius 2 is 0.824 bits per heavy atom. The van der Waals surface area contributed by atoms with Crippen molar-refractivity contribution in [1.82, 2.24) is 0 Å². The van der Waals surface area contributed by atoms with Crippen LogP contribution >= 0.6 is 46.7 Å². The van der Waals surface area contributed by atoms with Crippen molar-refractivity contribution in [2.45, 2.75) is 99.4 Å². The van der Waals surface area contributed by atoms with Gasteiger partial charge in [0.2, 0.25) is 0 Å².